The quantitative estimate of drug-likeness (QED) is 0.638. The van der Waals surface area contributed by atoms with Gasteiger partial charge in [-0.3, -0.25) is 4.98 Å². The molecule has 2 unspecified atom stereocenters. The van der Waals surface area contributed by atoms with E-state index in [1.54, 1.807) is 12.3 Å². The van der Waals surface area contributed by atoms with Crippen molar-refractivity contribution in [2.75, 3.05) is 12.3 Å². The van der Waals surface area contributed by atoms with Gasteiger partial charge in [0.25, 0.3) is 0 Å². The Hall–Kier alpha value is -1.13. The summed E-state index contributed by atoms with van der Waals surface area (Å²) >= 11 is 0. The Morgan fingerprint density at radius 1 is 1.67 bits per heavy atom. The van der Waals surface area contributed by atoms with Crippen LogP contribution in [0.5, 0.6) is 0 Å². The highest BCUT2D eigenvalue weighted by atomic mass is 16.3. The summed E-state index contributed by atoms with van der Waals surface area (Å²) in [6.07, 6.45) is 3.17. The van der Waals surface area contributed by atoms with E-state index in [1.165, 1.54) is 0 Å². The Morgan fingerprint density at radius 2 is 2.47 bits per heavy atom. The van der Waals surface area contributed by atoms with Crippen LogP contribution in [0.25, 0.3) is 0 Å². The van der Waals surface area contributed by atoms with E-state index in [9.17, 15) is 5.11 Å². The number of hydrogen-bond acceptors (Lipinski definition) is 4. The number of piperidine rings is 1. The summed E-state index contributed by atoms with van der Waals surface area (Å²) < 4.78 is 0. The first-order valence-corrected chi connectivity index (χ1v) is 5.24. The van der Waals surface area contributed by atoms with Gasteiger partial charge in [0.2, 0.25) is 0 Å². The Balaban J connectivity index is 2.17. The molecule has 15 heavy (non-hydrogen) atoms. The molecule has 4 nitrogen and oxygen atoms in total. The highest BCUT2D eigenvalue weighted by Crippen LogP contribution is 2.29. The molecule has 1 aliphatic heterocycles. The maximum atomic E-state index is 9.98. The predicted molar refractivity (Wildman–Crippen MR) is 59.3 cm³/mol. The normalized spacial score (nSPS) is 31.5. The van der Waals surface area contributed by atoms with Crippen molar-refractivity contribution < 1.29 is 5.11 Å². The smallest absolute Gasteiger partial charge is 0.0650 e. The Labute approximate surface area is 89.5 Å². The molecule has 0 aliphatic carbocycles. The minimum Gasteiger partial charge on any atom is -0.399 e. The largest absolute Gasteiger partial charge is 0.399 e. The summed E-state index contributed by atoms with van der Waals surface area (Å²) in [6, 6.07) is 3.74. The van der Waals surface area contributed by atoms with Gasteiger partial charge in [-0.25, -0.2) is 0 Å². The summed E-state index contributed by atoms with van der Waals surface area (Å²) in [6.45, 7) is 2.68. The molecule has 0 bridgehead atoms. The van der Waals surface area contributed by atoms with Gasteiger partial charge >= 0.3 is 0 Å². The van der Waals surface area contributed by atoms with Crippen LogP contribution >= 0.6 is 0 Å². The van der Waals surface area contributed by atoms with Crippen LogP contribution in [0.1, 0.15) is 31.5 Å². The van der Waals surface area contributed by atoms with Crippen molar-refractivity contribution in [1.82, 2.24) is 10.3 Å². The first-order valence-electron chi connectivity index (χ1n) is 5.24. The third-order valence-electron chi connectivity index (χ3n) is 2.86. The molecule has 1 aromatic heterocycles. The standard InChI is InChI=1S/C11H17N3O/c1-11(15)3-5-14-10(7-11)9-6-8(12)2-4-13-9/h2,4,6,10,14-15H,3,5,7H2,1H3,(H2,12,13). The van der Waals surface area contributed by atoms with Crippen molar-refractivity contribution in [3.8, 4) is 0 Å². The van der Waals surface area contributed by atoms with Gasteiger partial charge in [0.1, 0.15) is 0 Å². The number of nitrogens with one attached hydrogen (secondary N) is 1. The van der Waals surface area contributed by atoms with Gasteiger partial charge in [0.15, 0.2) is 0 Å². The molecule has 82 valence electrons. The molecular weight excluding hydrogens is 190 g/mol. The van der Waals surface area contributed by atoms with E-state index >= 15 is 0 Å². The Morgan fingerprint density at radius 3 is 3.13 bits per heavy atom. The fourth-order valence-electron chi connectivity index (χ4n) is 1.99. The summed E-state index contributed by atoms with van der Waals surface area (Å²) in [4.78, 5) is 4.28. The van der Waals surface area contributed by atoms with Gasteiger partial charge in [0.05, 0.1) is 17.3 Å². The van der Waals surface area contributed by atoms with Gasteiger partial charge < -0.3 is 16.2 Å². The fourth-order valence-corrected chi connectivity index (χ4v) is 1.99. The Kier molecular flexibility index (Phi) is 2.63. The lowest BCUT2D eigenvalue weighted by atomic mass is 9.88. The number of nitrogens with zero attached hydrogens (tertiary/aromatic N) is 1. The summed E-state index contributed by atoms with van der Waals surface area (Å²) in [5, 5.41) is 13.3. The number of anilines is 1. The molecule has 1 aromatic rings. The lowest BCUT2D eigenvalue weighted by molar-refractivity contribution is 0.0126. The molecule has 0 spiro atoms. The zero-order valence-electron chi connectivity index (χ0n) is 8.90. The van der Waals surface area contributed by atoms with E-state index in [4.69, 9.17) is 5.73 Å². The molecule has 1 aliphatic rings. The highest BCUT2D eigenvalue weighted by molar-refractivity contribution is 5.38. The average Bonchev–Trinajstić information content (AvgIpc) is 2.16. The summed E-state index contributed by atoms with van der Waals surface area (Å²) in [5.74, 6) is 0. The molecule has 4 N–H and O–H groups in total. The zero-order valence-corrected chi connectivity index (χ0v) is 8.90. The molecule has 0 aromatic carbocycles. The van der Waals surface area contributed by atoms with Crippen LogP contribution in [0.15, 0.2) is 18.3 Å². The molecule has 0 radical (unpaired) electrons. The van der Waals surface area contributed by atoms with E-state index in [1.807, 2.05) is 13.0 Å². The van der Waals surface area contributed by atoms with Crippen molar-refractivity contribution in [2.24, 2.45) is 0 Å². The van der Waals surface area contributed by atoms with Crippen LogP contribution in [0.3, 0.4) is 0 Å². The second-order valence-corrected chi connectivity index (χ2v) is 4.47. The van der Waals surface area contributed by atoms with Crippen LogP contribution < -0.4 is 11.1 Å². The van der Waals surface area contributed by atoms with Crippen molar-refractivity contribution in [3.05, 3.63) is 24.0 Å². The number of rotatable bonds is 1. The monoisotopic (exact) mass is 207 g/mol. The van der Waals surface area contributed by atoms with Crippen molar-refractivity contribution in [2.45, 2.75) is 31.4 Å². The van der Waals surface area contributed by atoms with Gasteiger partial charge in [-0.05, 0) is 38.4 Å². The van der Waals surface area contributed by atoms with Crippen LogP contribution in [0, 0.1) is 0 Å². The minimum atomic E-state index is -0.595. The number of nitrogen functional groups attached to an aromatic ring is 1. The number of nitrogens with two attached hydrogens (primary N) is 1. The summed E-state index contributed by atoms with van der Waals surface area (Å²) in [5.41, 5.74) is 6.73. The van der Waals surface area contributed by atoms with Crippen molar-refractivity contribution in [1.29, 1.82) is 0 Å². The third kappa shape index (κ3) is 2.46. The molecule has 0 amide bonds. The lowest BCUT2D eigenvalue weighted by Crippen LogP contribution is -2.41. The Bertz CT molecular complexity index is 351. The van der Waals surface area contributed by atoms with E-state index in [0.717, 1.165) is 18.7 Å². The topological polar surface area (TPSA) is 71.2 Å². The summed E-state index contributed by atoms with van der Waals surface area (Å²) in [7, 11) is 0. The number of aromatic nitrogens is 1. The molecule has 1 saturated heterocycles. The predicted octanol–water partition coefficient (Wildman–Crippen LogP) is 0.839. The third-order valence-corrected chi connectivity index (χ3v) is 2.86. The van der Waals surface area contributed by atoms with E-state index in [0.29, 0.717) is 12.1 Å². The SMILES string of the molecule is CC1(O)CCNC(c2cc(N)ccn2)C1. The van der Waals surface area contributed by atoms with Gasteiger partial charge in [0, 0.05) is 11.9 Å². The van der Waals surface area contributed by atoms with E-state index in [-0.39, 0.29) is 6.04 Å². The fraction of sp³-hybridized carbons (Fsp3) is 0.545. The molecule has 2 heterocycles. The van der Waals surface area contributed by atoms with Crippen LogP contribution in [0.2, 0.25) is 0 Å². The minimum absolute atomic E-state index is 0.109. The van der Waals surface area contributed by atoms with E-state index < -0.39 is 5.60 Å². The van der Waals surface area contributed by atoms with Crippen molar-refractivity contribution in [3.63, 3.8) is 0 Å². The molecule has 4 heteroatoms. The van der Waals surface area contributed by atoms with Crippen molar-refractivity contribution >= 4 is 5.69 Å². The van der Waals surface area contributed by atoms with Crippen LogP contribution in [-0.4, -0.2) is 22.2 Å². The van der Waals surface area contributed by atoms with Crippen LogP contribution in [0.4, 0.5) is 5.69 Å². The highest BCUT2D eigenvalue weighted by Gasteiger charge is 2.30. The number of hydrogen-bond donors (Lipinski definition) is 3. The number of pyridine rings is 1. The molecule has 2 atom stereocenters. The second-order valence-electron chi connectivity index (χ2n) is 4.47. The van der Waals surface area contributed by atoms with E-state index in [2.05, 4.69) is 10.3 Å². The molecular formula is C11H17N3O. The molecule has 0 saturated carbocycles. The maximum absolute atomic E-state index is 9.98. The van der Waals surface area contributed by atoms with Gasteiger partial charge in [-0.1, -0.05) is 0 Å². The average molecular weight is 207 g/mol. The van der Waals surface area contributed by atoms with Gasteiger partial charge in [-0.15, -0.1) is 0 Å². The second kappa shape index (κ2) is 3.79. The lowest BCUT2D eigenvalue weighted by Gasteiger charge is -2.34. The number of aliphatic hydroxyl groups is 1. The molecule has 1 fully saturated rings. The van der Waals surface area contributed by atoms with Gasteiger partial charge in [-0.2, -0.15) is 0 Å². The first kappa shape index (κ1) is 10.4. The van der Waals surface area contributed by atoms with Crippen LogP contribution in [-0.2, 0) is 0 Å². The molecule has 2 rings (SSSR count). The zero-order chi connectivity index (χ0) is 10.9. The first-order chi connectivity index (χ1) is 7.07. The maximum Gasteiger partial charge on any atom is 0.0650 e.